The Kier molecular flexibility index (Phi) is 4.90. The molecule has 2 aromatic rings. The Morgan fingerprint density at radius 3 is 2.81 bits per heavy atom. The van der Waals surface area contributed by atoms with E-state index in [1.165, 1.54) is 4.88 Å². The van der Waals surface area contributed by atoms with Gasteiger partial charge in [-0.1, -0.05) is 6.92 Å². The Labute approximate surface area is 128 Å². The Hall–Kier alpha value is -1.95. The van der Waals surface area contributed by atoms with E-state index in [1.54, 1.807) is 30.5 Å². The van der Waals surface area contributed by atoms with E-state index in [2.05, 4.69) is 27.5 Å². The Morgan fingerprint density at radius 1 is 1.43 bits per heavy atom. The lowest BCUT2D eigenvalue weighted by atomic mass is 10.2. The highest BCUT2D eigenvalue weighted by atomic mass is 32.1. The Balaban J connectivity index is 2.11. The van der Waals surface area contributed by atoms with Crippen LogP contribution in [-0.4, -0.2) is 22.9 Å². The van der Waals surface area contributed by atoms with Crippen LogP contribution in [0, 0.1) is 6.92 Å². The van der Waals surface area contributed by atoms with E-state index in [1.807, 2.05) is 20.0 Å². The second kappa shape index (κ2) is 6.67. The molecule has 1 unspecified atom stereocenters. The van der Waals surface area contributed by atoms with E-state index in [4.69, 9.17) is 0 Å². The zero-order chi connectivity index (χ0) is 15.4. The second-order valence-corrected chi connectivity index (χ2v) is 5.99. The molecule has 0 spiro atoms. The number of nitrogens with zero attached hydrogens (tertiary/aromatic N) is 2. The molecule has 0 fully saturated rings. The number of amides is 1. The summed E-state index contributed by atoms with van der Waals surface area (Å²) in [5.74, 6) is 0.577. The highest BCUT2D eigenvalue weighted by Crippen LogP contribution is 2.21. The highest BCUT2D eigenvalue weighted by Gasteiger charge is 2.15. The molecular weight excluding hydrogens is 284 g/mol. The van der Waals surface area contributed by atoms with Gasteiger partial charge in [0.15, 0.2) is 0 Å². The third kappa shape index (κ3) is 3.78. The van der Waals surface area contributed by atoms with Crippen molar-refractivity contribution in [2.45, 2.75) is 33.2 Å². The number of hydrogen-bond acceptors (Lipinski definition) is 5. The molecule has 0 aromatic carbocycles. The van der Waals surface area contributed by atoms with Crippen molar-refractivity contribution in [1.82, 2.24) is 15.3 Å². The fourth-order valence-corrected chi connectivity index (χ4v) is 2.82. The second-order valence-electron chi connectivity index (χ2n) is 4.85. The molecule has 0 aliphatic heterocycles. The summed E-state index contributed by atoms with van der Waals surface area (Å²) < 4.78 is 0. The molecule has 2 N–H and O–H groups in total. The first-order valence-electron chi connectivity index (χ1n) is 6.95. The minimum absolute atomic E-state index is 0.102. The molecule has 6 heteroatoms. The van der Waals surface area contributed by atoms with Gasteiger partial charge in [-0.2, -0.15) is 0 Å². The standard InChI is InChI=1S/C15H20N4OS/c1-5-12-8-17-15(21-12)10(3)19-14(20)11-6-9(2)18-13(7-11)16-4/h6-8,10H,5H2,1-4H3,(H,16,18)(H,19,20). The van der Waals surface area contributed by atoms with Crippen molar-refractivity contribution in [1.29, 1.82) is 0 Å². The molecule has 21 heavy (non-hydrogen) atoms. The van der Waals surface area contributed by atoms with Crippen molar-refractivity contribution in [3.05, 3.63) is 39.5 Å². The van der Waals surface area contributed by atoms with Gasteiger partial charge in [-0.25, -0.2) is 9.97 Å². The van der Waals surface area contributed by atoms with E-state index in [0.717, 1.165) is 17.1 Å². The van der Waals surface area contributed by atoms with Crippen LogP contribution in [0.4, 0.5) is 5.82 Å². The first-order valence-corrected chi connectivity index (χ1v) is 7.77. The van der Waals surface area contributed by atoms with E-state index >= 15 is 0 Å². The molecule has 0 aliphatic rings. The number of carbonyl (C=O) groups excluding carboxylic acids is 1. The van der Waals surface area contributed by atoms with Crippen LogP contribution in [0.1, 0.15) is 45.8 Å². The largest absolute Gasteiger partial charge is 0.373 e. The van der Waals surface area contributed by atoms with Crippen LogP contribution in [0.3, 0.4) is 0 Å². The van der Waals surface area contributed by atoms with Gasteiger partial charge < -0.3 is 10.6 Å². The predicted molar refractivity (Wildman–Crippen MR) is 85.9 cm³/mol. The van der Waals surface area contributed by atoms with E-state index in [0.29, 0.717) is 11.4 Å². The number of carbonyl (C=O) groups is 1. The van der Waals surface area contributed by atoms with Crippen molar-refractivity contribution in [2.75, 3.05) is 12.4 Å². The first kappa shape index (κ1) is 15.4. The van der Waals surface area contributed by atoms with Crippen molar-refractivity contribution in [3.8, 4) is 0 Å². The lowest BCUT2D eigenvalue weighted by Crippen LogP contribution is -2.26. The summed E-state index contributed by atoms with van der Waals surface area (Å²) >= 11 is 1.64. The van der Waals surface area contributed by atoms with Crippen LogP contribution < -0.4 is 10.6 Å². The average molecular weight is 304 g/mol. The maximum absolute atomic E-state index is 12.3. The van der Waals surface area contributed by atoms with Crippen molar-refractivity contribution in [2.24, 2.45) is 0 Å². The molecule has 0 bridgehead atoms. The van der Waals surface area contributed by atoms with Gasteiger partial charge in [0.2, 0.25) is 0 Å². The molecule has 2 rings (SSSR count). The molecule has 2 aromatic heterocycles. The first-order chi connectivity index (χ1) is 10.0. The summed E-state index contributed by atoms with van der Waals surface area (Å²) in [5, 5.41) is 6.87. The molecule has 0 radical (unpaired) electrons. The topological polar surface area (TPSA) is 66.9 Å². The molecule has 0 saturated carbocycles. The van der Waals surface area contributed by atoms with Gasteiger partial charge in [-0.15, -0.1) is 11.3 Å². The fourth-order valence-electron chi connectivity index (χ4n) is 1.96. The zero-order valence-electron chi connectivity index (χ0n) is 12.7. The van der Waals surface area contributed by atoms with Crippen molar-refractivity contribution < 1.29 is 4.79 Å². The fraction of sp³-hybridized carbons (Fsp3) is 0.400. The minimum atomic E-state index is -0.113. The monoisotopic (exact) mass is 304 g/mol. The maximum atomic E-state index is 12.3. The van der Waals surface area contributed by atoms with E-state index in [9.17, 15) is 4.79 Å². The molecule has 0 saturated heterocycles. The molecule has 112 valence electrons. The lowest BCUT2D eigenvalue weighted by molar-refractivity contribution is 0.0939. The van der Waals surface area contributed by atoms with Gasteiger partial charge in [0.05, 0.1) is 6.04 Å². The number of thiazole rings is 1. The van der Waals surface area contributed by atoms with Crippen LogP contribution in [-0.2, 0) is 6.42 Å². The highest BCUT2D eigenvalue weighted by molar-refractivity contribution is 7.11. The summed E-state index contributed by atoms with van der Waals surface area (Å²) in [6.07, 6.45) is 2.84. The molecule has 0 aliphatic carbocycles. The molecule has 5 nitrogen and oxygen atoms in total. The van der Waals surface area contributed by atoms with Crippen LogP contribution in [0.25, 0.3) is 0 Å². The van der Waals surface area contributed by atoms with Crippen molar-refractivity contribution in [3.63, 3.8) is 0 Å². The van der Waals surface area contributed by atoms with Crippen molar-refractivity contribution >= 4 is 23.1 Å². The normalized spacial score (nSPS) is 12.0. The van der Waals surface area contributed by atoms with Gasteiger partial charge in [-0.05, 0) is 32.4 Å². The van der Waals surface area contributed by atoms with Gasteiger partial charge in [0, 0.05) is 29.4 Å². The number of nitrogens with one attached hydrogen (secondary N) is 2. The Bertz CT molecular complexity index is 638. The number of hydrogen-bond donors (Lipinski definition) is 2. The number of aryl methyl sites for hydroxylation is 2. The smallest absolute Gasteiger partial charge is 0.252 e. The van der Waals surface area contributed by atoms with Gasteiger partial charge in [-0.3, -0.25) is 4.79 Å². The zero-order valence-corrected chi connectivity index (χ0v) is 13.5. The SMILES string of the molecule is CCc1cnc(C(C)NC(=O)c2cc(C)nc(NC)c2)s1. The van der Waals surface area contributed by atoms with Gasteiger partial charge >= 0.3 is 0 Å². The predicted octanol–water partition coefficient (Wildman–Crippen LogP) is 2.94. The number of rotatable bonds is 5. The number of anilines is 1. The van der Waals surface area contributed by atoms with E-state index < -0.39 is 0 Å². The number of aromatic nitrogens is 2. The third-order valence-electron chi connectivity index (χ3n) is 3.11. The van der Waals surface area contributed by atoms with Crippen LogP contribution >= 0.6 is 11.3 Å². The molecule has 1 amide bonds. The molecule has 1 atom stereocenters. The summed E-state index contributed by atoms with van der Waals surface area (Å²) in [5.41, 5.74) is 1.41. The maximum Gasteiger partial charge on any atom is 0.252 e. The van der Waals surface area contributed by atoms with Crippen LogP contribution in [0.15, 0.2) is 18.3 Å². The van der Waals surface area contributed by atoms with Gasteiger partial charge in [0.25, 0.3) is 5.91 Å². The third-order valence-corrected chi connectivity index (χ3v) is 4.43. The van der Waals surface area contributed by atoms with E-state index in [-0.39, 0.29) is 11.9 Å². The lowest BCUT2D eigenvalue weighted by Gasteiger charge is -2.12. The van der Waals surface area contributed by atoms with Gasteiger partial charge in [0.1, 0.15) is 10.8 Å². The summed E-state index contributed by atoms with van der Waals surface area (Å²) in [4.78, 5) is 22.2. The summed E-state index contributed by atoms with van der Waals surface area (Å²) in [7, 11) is 1.79. The quantitative estimate of drug-likeness (QED) is 0.891. The number of pyridine rings is 1. The Morgan fingerprint density at radius 2 is 2.19 bits per heavy atom. The minimum Gasteiger partial charge on any atom is -0.373 e. The molecular formula is C15H20N4OS. The molecule has 2 heterocycles. The summed E-state index contributed by atoms with van der Waals surface area (Å²) in [6, 6.07) is 3.42. The summed E-state index contributed by atoms with van der Waals surface area (Å²) in [6.45, 7) is 5.91. The van der Waals surface area contributed by atoms with Crippen LogP contribution in [0.5, 0.6) is 0 Å². The van der Waals surface area contributed by atoms with Crippen LogP contribution in [0.2, 0.25) is 0 Å². The average Bonchev–Trinajstić information content (AvgIpc) is 2.95.